The molecule has 0 spiro atoms. The number of hydrogen-bond donors (Lipinski definition) is 1. The minimum absolute atomic E-state index is 0.00436. The van der Waals surface area contributed by atoms with Crippen molar-refractivity contribution in [3.05, 3.63) is 57.3 Å². The molecule has 4 nitrogen and oxygen atoms in total. The molecule has 2 heterocycles. The first kappa shape index (κ1) is 17.1. The second-order valence-electron chi connectivity index (χ2n) is 6.31. The Labute approximate surface area is 147 Å². The van der Waals surface area contributed by atoms with E-state index in [2.05, 4.69) is 33.1 Å². The van der Waals surface area contributed by atoms with Crippen LogP contribution in [0, 0.1) is 13.8 Å². The standard InChI is InChI=1S/C19H24N2O2S/c1-14-9-15(2)11-17(10-14)19(22)20-12-18(16-3-8-24-13-16)21-4-6-23-7-5-21/h3,8-11,13,18H,4-7,12H2,1-2H3,(H,20,22). The highest BCUT2D eigenvalue weighted by Crippen LogP contribution is 2.23. The van der Waals surface area contributed by atoms with E-state index in [-0.39, 0.29) is 11.9 Å². The maximum absolute atomic E-state index is 12.6. The van der Waals surface area contributed by atoms with Crippen LogP contribution >= 0.6 is 11.3 Å². The van der Waals surface area contributed by atoms with E-state index in [0.29, 0.717) is 6.54 Å². The maximum atomic E-state index is 12.6. The van der Waals surface area contributed by atoms with Crippen molar-refractivity contribution in [1.29, 1.82) is 0 Å². The van der Waals surface area contributed by atoms with E-state index in [0.717, 1.165) is 43.0 Å². The zero-order valence-corrected chi connectivity index (χ0v) is 15.1. The van der Waals surface area contributed by atoms with Crippen LogP contribution in [0.25, 0.3) is 0 Å². The molecule has 1 aromatic carbocycles. The van der Waals surface area contributed by atoms with Crippen molar-refractivity contribution in [3.8, 4) is 0 Å². The number of benzene rings is 1. The Hall–Kier alpha value is -1.69. The van der Waals surface area contributed by atoms with Gasteiger partial charge in [-0.25, -0.2) is 0 Å². The van der Waals surface area contributed by atoms with Gasteiger partial charge in [0.25, 0.3) is 5.91 Å². The van der Waals surface area contributed by atoms with E-state index < -0.39 is 0 Å². The average molecular weight is 344 g/mol. The SMILES string of the molecule is Cc1cc(C)cc(C(=O)NCC(c2ccsc2)N2CCOCC2)c1. The van der Waals surface area contributed by atoms with Gasteiger partial charge in [0.15, 0.2) is 0 Å². The zero-order chi connectivity index (χ0) is 16.9. The monoisotopic (exact) mass is 344 g/mol. The van der Waals surface area contributed by atoms with Gasteiger partial charge in [0.2, 0.25) is 0 Å². The van der Waals surface area contributed by atoms with Crippen LogP contribution in [0.4, 0.5) is 0 Å². The van der Waals surface area contributed by atoms with E-state index >= 15 is 0 Å². The summed E-state index contributed by atoms with van der Waals surface area (Å²) in [5.41, 5.74) is 4.23. The van der Waals surface area contributed by atoms with Gasteiger partial charge in [-0.3, -0.25) is 9.69 Å². The van der Waals surface area contributed by atoms with Gasteiger partial charge in [0.05, 0.1) is 19.3 Å². The Bertz CT molecular complexity index is 658. The molecule has 1 atom stereocenters. The quantitative estimate of drug-likeness (QED) is 0.906. The van der Waals surface area contributed by atoms with Gasteiger partial charge in [-0.05, 0) is 48.4 Å². The van der Waals surface area contributed by atoms with Crippen LogP contribution in [0.15, 0.2) is 35.0 Å². The van der Waals surface area contributed by atoms with Crippen molar-refractivity contribution in [2.75, 3.05) is 32.8 Å². The number of amides is 1. The predicted molar refractivity (Wildman–Crippen MR) is 97.7 cm³/mol. The summed E-state index contributed by atoms with van der Waals surface area (Å²) < 4.78 is 5.46. The fourth-order valence-electron chi connectivity index (χ4n) is 3.21. The summed E-state index contributed by atoms with van der Waals surface area (Å²) in [6, 6.07) is 8.31. The lowest BCUT2D eigenvalue weighted by Gasteiger charge is -2.34. The number of thiophene rings is 1. The van der Waals surface area contributed by atoms with E-state index in [1.165, 1.54) is 5.56 Å². The van der Waals surface area contributed by atoms with E-state index in [4.69, 9.17) is 4.74 Å². The molecule has 1 aromatic heterocycles. The van der Waals surface area contributed by atoms with E-state index in [1.807, 2.05) is 26.0 Å². The van der Waals surface area contributed by atoms with Crippen molar-refractivity contribution in [1.82, 2.24) is 10.2 Å². The van der Waals surface area contributed by atoms with Crippen LogP contribution in [-0.4, -0.2) is 43.7 Å². The number of carbonyl (C=O) groups excluding carboxylic acids is 1. The van der Waals surface area contributed by atoms with Crippen LogP contribution in [0.5, 0.6) is 0 Å². The fraction of sp³-hybridized carbons (Fsp3) is 0.421. The maximum Gasteiger partial charge on any atom is 0.251 e. The molecule has 128 valence electrons. The van der Waals surface area contributed by atoms with Crippen molar-refractivity contribution in [3.63, 3.8) is 0 Å². The second-order valence-corrected chi connectivity index (χ2v) is 7.09. The molecule has 3 rings (SSSR count). The summed E-state index contributed by atoms with van der Waals surface area (Å²) in [4.78, 5) is 15.0. The molecule has 1 fully saturated rings. The number of hydrogen-bond acceptors (Lipinski definition) is 4. The molecule has 0 saturated carbocycles. The third-order valence-electron chi connectivity index (χ3n) is 4.35. The lowest BCUT2D eigenvalue weighted by molar-refractivity contribution is 0.0163. The van der Waals surface area contributed by atoms with Crippen LogP contribution in [0.3, 0.4) is 0 Å². The van der Waals surface area contributed by atoms with Crippen molar-refractivity contribution >= 4 is 17.2 Å². The largest absolute Gasteiger partial charge is 0.379 e. The first-order valence-electron chi connectivity index (χ1n) is 8.34. The Morgan fingerprint density at radius 3 is 2.58 bits per heavy atom. The second kappa shape index (κ2) is 7.92. The van der Waals surface area contributed by atoms with Crippen LogP contribution in [0.2, 0.25) is 0 Å². The zero-order valence-electron chi connectivity index (χ0n) is 14.2. The van der Waals surface area contributed by atoms with E-state index in [9.17, 15) is 4.79 Å². The normalized spacial score (nSPS) is 16.8. The van der Waals surface area contributed by atoms with Gasteiger partial charge in [-0.1, -0.05) is 17.2 Å². The number of rotatable bonds is 5. The minimum atomic E-state index is -0.00436. The Morgan fingerprint density at radius 2 is 1.96 bits per heavy atom. The van der Waals surface area contributed by atoms with Crippen molar-refractivity contribution in [2.45, 2.75) is 19.9 Å². The molecule has 1 aliphatic rings. The number of aryl methyl sites for hydroxylation is 2. The Kier molecular flexibility index (Phi) is 5.66. The van der Waals surface area contributed by atoms with Crippen LogP contribution in [-0.2, 0) is 4.74 Å². The first-order valence-corrected chi connectivity index (χ1v) is 9.28. The lowest BCUT2D eigenvalue weighted by atomic mass is 10.1. The molecule has 24 heavy (non-hydrogen) atoms. The highest BCUT2D eigenvalue weighted by atomic mass is 32.1. The topological polar surface area (TPSA) is 41.6 Å². The molecular formula is C19H24N2O2S. The van der Waals surface area contributed by atoms with Gasteiger partial charge in [0, 0.05) is 25.2 Å². The number of nitrogens with one attached hydrogen (secondary N) is 1. The van der Waals surface area contributed by atoms with E-state index in [1.54, 1.807) is 11.3 Å². The van der Waals surface area contributed by atoms with Crippen molar-refractivity contribution < 1.29 is 9.53 Å². The number of morpholine rings is 1. The Balaban J connectivity index is 1.69. The summed E-state index contributed by atoms with van der Waals surface area (Å²) in [5.74, 6) is -0.00436. The Morgan fingerprint density at radius 1 is 1.25 bits per heavy atom. The smallest absolute Gasteiger partial charge is 0.251 e. The molecule has 1 amide bonds. The molecule has 1 unspecified atom stereocenters. The average Bonchev–Trinajstić information content (AvgIpc) is 3.09. The summed E-state index contributed by atoms with van der Waals surface area (Å²) in [7, 11) is 0. The molecule has 2 aromatic rings. The molecular weight excluding hydrogens is 320 g/mol. The van der Waals surface area contributed by atoms with Gasteiger partial charge >= 0.3 is 0 Å². The molecule has 0 aliphatic carbocycles. The molecule has 0 bridgehead atoms. The summed E-state index contributed by atoms with van der Waals surface area (Å²) in [6.45, 7) is 7.97. The van der Waals surface area contributed by atoms with Gasteiger partial charge < -0.3 is 10.1 Å². The van der Waals surface area contributed by atoms with Crippen molar-refractivity contribution in [2.24, 2.45) is 0 Å². The molecule has 1 aliphatic heterocycles. The summed E-state index contributed by atoms with van der Waals surface area (Å²) in [6.07, 6.45) is 0. The summed E-state index contributed by atoms with van der Waals surface area (Å²) >= 11 is 1.70. The number of carbonyl (C=O) groups is 1. The fourth-order valence-corrected chi connectivity index (χ4v) is 3.92. The molecule has 0 radical (unpaired) electrons. The first-order chi connectivity index (χ1) is 11.6. The van der Waals surface area contributed by atoms with Gasteiger partial charge in [-0.2, -0.15) is 11.3 Å². The minimum Gasteiger partial charge on any atom is -0.379 e. The number of ether oxygens (including phenoxy) is 1. The van der Waals surface area contributed by atoms with Crippen LogP contribution in [0.1, 0.15) is 33.1 Å². The third kappa shape index (κ3) is 4.23. The predicted octanol–water partition coefficient (Wildman–Crippen LogP) is 3.17. The highest BCUT2D eigenvalue weighted by Gasteiger charge is 2.23. The lowest BCUT2D eigenvalue weighted by Crippen LogP contribution is -2.43. The molecule has 1 N–H and O–H groups in total. The molecule has 1 saturated heterocycles. The molecule has 5 heteroatoms. The highest BCUT2D eigenvalue weighted by molar-refractivity contribution is 7.07. The van der Waals surface area contributed by atoms with Gasteiger partial charge in [-0.15, -0.1) is 0 Å². The van der Waals surface area contributed by atoms with Gasteiger partial charge in [0.1, 0.15) is 0 Å². The third-order valence-corrected chi connectivity index (χ3v) is 5.06. The summed E-state index contributed by atoms with van der Waals surface area (Å²) in [5, 5.41) is 7.38. The van der Waals surface area contributed by atoms with Crippen LogP contribution < -0.4 is 5.32 Å². The number of nitrogens with zero attached hydrogens (tertiary/aromatic N) is 1.